The Labute approximate surface area is 176 Å². The van der Waals surface area contributed by atoms with Crippen LogP contribution in [0.1, 0.15) is 25.3 Å². The number of benzene rings is 2. The molecule has 2 aromatic carbocycles. The Balaban J connectivity index is 1.34. The summed E-state index contributed by atoms with van der Waals surface area (Å²) in [5.74, 6) is 1.70. The molecule has 1 aliphatic rings. The fourth-order valence-electron chi connectivity index (χ4n) is 3.58. The van der Waals surface area contributed by atoms with E-state index in [1.807, 2.05) is 67.6 Å². The van der Waals surface area contributed by atoms with E-state index in [0.717, 1.165) is 47.2 Å². The molecule has 4 rings (SSSR count). The van der Waals surface area contributed by atoms with Crippen LogP contribution in [-0.4, -0.2) is 35.8 Å². The van der Waals surface area contributed by atoms with Gasteiger partial charge in [-0.15, -0.1) is 10.2 Å². The zero-order chi connectivity index (χ0) is 20.8. The Morgan fingerprint density at radius 1 is 0.967 bits per heavy atom. The van der Waals surface area contributed by atoms with Crippen molar-refractivity contribution in [3.8, 4) is 17.0 Å². The summed E-state index contributed by atoms with van der Waals surface area (Å²) in [7, 11) is 0. The molecule has 0 unspecified atom stereocenters. The van der Waals surface area contributed by atoms with Crippen LogP contribution in [0, 0.1) is 0 Å². The molecule has 1 fully saturated rings. The average Bonchev–Trinajstić information content (AvgIpc) is 3.31. The van der Waals surface area contributed by atoms with Crippen molar-refractivity contribution in [1.29, 1.82) is 0 Å². The lowest BCUT2D eigenvalue weighted by Crippen LogP contribution is -2.19. The molecule has 30 heavy (non-hydrogen) atoms. The molecule has 1 N–H and O–H groups in total. The van der Waals surface area contributed by atoms with Crippen LogP contribution in [0.4, 0.5) is 11.5 Å². The predicted molar refractivity (Wildman–Crippen MR) is 119 cm³/mol. The number of nitrogens with zero attached hydrogens (tertiary/aromatic N) is 3. The van der Waals surface area contributed by atoms with Crippen molar-refractivity contribution in [3.63, 3.8) is 0 Å². The van der Waals surface area contributed by atoms with Crippen molar-refractivity contribution < 1.29 is 9.53 Å². The van der Waals surface area contributed by atoms with Crippen molar-refractivity contribution in [1.82, 2.24) is 10.2 Å². The largest absolute Gasteiger partial charge is 0.494 e. The van der Waals surface area contributed by atoms with Gasteiger partial charge in [0.25, 0.3) is 0 Å². The van der Waals surface area contributed by atoms with E-state index in [1.54, 1.807) is 0 Å². The molecule has 3 aromatic rings. The quantitative estimate of drug-likeness (QED) is 0.637. The number of amides is 1. The summed E-state index contributed by atoms with van der Waals surface area (Å²) in [6, 6.07) is 19.3. The van der Waals surface area contributed by atoms with Gasteiger partial charge in [0.05, 0.1) is 18.7 Å². The fourth-order valence-corrected chi connectivity index (χ4v) is 3.58. The van der Waals surface area contributed by atoms with E-state index in [1.165, 1.54) is 12.8 Å². The number of anilines is 2. The minimum absolute atomic E-state index is 0.0540. The van der Waals surface area contributed by atoms with Crippen molar-refractivity contribution in [2.75, 3.05) is 29.9 Å². The summed E-state index contributed by atoms with van der Waals surface area (Å²) >= 11 is 0. The van der Waals surface area contributed by atoms with Crippen molar-refractivity contribution in [3.05, 3.63) is 66.2 Å². The van der Waals surface area contributed by atoms with Gasteiger partial charge in [0.1, 0.15) is 5.75 Å². The van der Waals surface area contributed by atoms with Crippen LogP contribution in [0.15, 0.2) is 60.7 Å². The van der Waals surface area contributed by atoms with Crippen molar-refractivity contribution in [2.24, 2.45) is 0 Å². The first-order valence-electron chi connectivity index (χ1n) is 10.4. The zero-order valence-corrected chi connectivity index (χ0v) is 17.2. The predicted octanol–water partition coefficient (Wildman–Crippen LogP) is 4.32. The van der Waals surface area contributed by atoms with E-state index in [0.29, 0.717) is 13.0 Å². The average molecular weight is 402 g/mol. The van der Waals surface area contributed by atoms with Crippen LogP contribution in [0.2, 0.25) is 0 Å². The highest BCUT2D eigenvalue weighted by molar-refractivity contribution is 5.92. The Morgan fingerprint density at radius 2 is 1.70 bits per heavy atom. The van der Waals surface area contributed by atoms with E-state index < -0.39 is 0 Å². The smallest absolute Gasteiger partial charge is 0.228 e. The standard InChI is InChI=1S/C24H26N4O2/c1-2-30-21-11-5-18(6-12-21)17-24(29)25-20-9-7-19(8-10-20)22-13-14-23(27-26-22)28-15-3-4-16-28/h5-14H,2-4,15-17H2,1H3,(H,25,29). The summed E-state index contributed by atoms with van der Waals surface area (Å²) < 4.78 is 5.43. The lowest BCUT2D eigenvalue weighted by atomic mass is 10.1. The van der Waals surface area contributed by atoms with E-state index in [9.17, 15) is 4.79 Å². The molecule has 0 radical (unpaired) electrons. The second-order valence-electron chi connectivity index (χ2n) is 7.35. The highest BCUT2D eigenvalue weighted by atomic mass is 16.5. The molecular weight excluding hydrogens is 376 g/mol. The second kappa shape index (κ2) is 9.39. The van der Waals surface area contributed by atoms with Gasteiger partial charge in [-0.25, -0.2) is 0 Å². The van der Waals surface area contributed by atoms with Crippen LogP contribution >= 0.6 is 0 Å². The lowest BCUT2D eigenvalue weighted by Gasteiger charge is -2.15. The lowest BCUT2D eigenvalue weighted by molar-refractivity contribution is -0.115. The number of carbonyl (C=O) groups excluding carboxylic acids is 1. The van der Waals surface area contributed by atoms with Gasteiger partial charge in [0.15, 0.2) is 5.82 Å². The first-order chi connectivity index (χ1) is 14.7. The molecular formula is C24H26N4O2. The number of nitrogens with one attached hydrogen (secondary N) is 1. The number of hydrogen-bond donors (Lipinski definition) is 1. The number of aromatic nitrogens is 2. The topological polar surface area (TPSA) is 67.3 Å². The highest BCUT2D eigenvalue weighted by Crippen LogP contribution is 2.22. The van der Waals surface area contributed by atoms with Crippen LogP contribution in [0.3, 0.4) is 0 Å². The molecule has 154 valence electrons. The molecule has 0 bridgehead atoms. The molecule has 1 amide bonds. The van der Waals surface area contributed by atoms with Gasteiger partial charge in [-0.2, -0.15) is 0 Å². The first-order valence-corrected chi connectivity index (χ1v) is 10.4. The van der Waals surface area contributed by atoms with Crippen molar-refractivity contribution in [2.45, 2.75) is 26.2 Å². The maximum absolute atomic E-state index is 12.3. The minimum Gasteiger partial charge on any atom is -0.494 e. The van der Waals surface area contributed by atoms with Crippen molar-refractivity contribution >= 4 is 17.4 Å². The molecule has 6 heteroatoms. The number of rotatable bonds is 7. The highest BCUT2D eigenvalue weighted by Gasteiger charge is 2.14. The Hall–Kier alpha value is -3.41. The molecule has 6 nitrogen and oxygen atoms in total. The number of hydrogen-bond acceptors (Lipinski definition) is 5. The molecule has 0 atom stereocenters. The molecule has 0 aliphatic carbocycles. The third-order valence-electron chi connectivity index (χ3n) is 5.14. The van der Waals surface area contributed by atoms with E-state index in [-0.39, 0.29) is 5.91 Å². The van der Waals surface area contributed by atoms with E-state index >= 15 is 0 Å². The summed E-state index contributed by atoms with van der Waals surface area (Å²) in [5, 5.41) is 11.7. The Morgan fingerprint density at radius 3 is 2.33 bits per heavy atom. The molecule has 0 spiro atoms. The van der Waals surface area contributed by atoms with Gasteiger partial charge >= 0.3 is 0 Å². The Kier molecular flexibility index (Phi) is 6.23. The van der Waals surface area contributed by atoms with E-state index in [4.69, 9.17) is 4.74 Å². The molecule has 1 aromatic heterocycles. The van der Waals surface area contributed by atoms with Gasteiger partial charge in [-0.1, -0.05) is 24.3 Å². The maximum Gasteiger partial charge on any atom is 0.228 e. The van der Waals surface area contributed by atoms with Crippen LogP contribution < -0.4 is 15.0 Å². The number of carbonyl (C=O) groups is 1. The third-order valence-corrected chi connectivity index (χ3v) is 5.14. The molecule has 1 aliphatic heterocycles. The summed E-state index contributed by atoms with van der Waals surface area (Å²) in [4.78, 5) is 14.6. The van der Waals surface area contributed by atoms with Crippen LogP contribution in [0.25, 0.3) is 11.3 Å². The SMILES string of the molecule is CCOc1ccc(CC(=O)Nc2ccc(-c3ccc(N4CCCC4)nn3)cc2)cc1. The normalized spacial score (nSPS) is 13.3. The molecule has 1 saturated heterocycles. The fraction of sp³-hybridized carbons (Fsp3) is 0.292. The van der Waals surface area contributed by atoms with Gasteiger partial charge in [-0.3, -0.25) is 4.79 Å². The third kappa shape index (κ3) is 4.95. The summed E-state index contributed by atoms with van der Waals surface area (Å²) in [5.41, 5.74) is 3.50. The molecule has 2 heterocycles. The first kappa shape index (κ1) is 19.9. The van der Waals surface area contributed by atoms with Gasteiger partial charge < -0.3 is 15.0 Å². The van der Waals surface area contributed by atoms with Crippen LogP contribution in [0.5, 0.6) is 5.75 Å². The van der Waals surface area contributed by atoms with E-state index in [2.05, 4.69) is 20.4 Å². The van der Waals surface area contributed by atoms with Crippen LogP contribution in [-0.2, 0) is 11.2 Å². The summed E-state index contributed by atoms with van der Waals surface area (Å²) in [6.45, 7) is 4.69. The number of ether oxygens (including phenoxy) is 1. The monoisotopic (exact) mass is 402 g/mol. The van der Waals surface area contributed by atoms with Gasteiger partial charge in [0.2, 0.25) is 5.91 Å². The second-order valence-corrected chi connectivity index (χ2v) is 7.35. The van der Waals surface area contributed by atoms with Gasteiger partial charge in [0, 0.05) is 24.3 Å². The molecule has 0 saturated carbocycles. The Bertz CT molecular complexity index is 964. The minimum atomic E-state index is -0.0540. The van der Waals surface area contributed by atoms with Gasteiger partial charge in [-0.05, 0) is 61.7 Å². The zero-order valence-electron chi connectivity index (χ0n) is 17.2. The summed E-state index contributed by atoms with van der Waals surface area (Å²) in [6.07, 6.45) is 2.75. The maximum atomic E-state index is 12.3.